The Morgan fingerprint density at radius 1 is 1.42 bits per heavy atom. The average Bonchev–Trinajstić information content (AvgIpc) is 2.78. The summed E-state index contributed by atoms with van der Waals surface area (Å²) in [5.74, 6) is 2.34. The predicted octanol–water partition coefficient (Wildman–Crippen LogP) is 1.83. The third-order valence-corrected chi connectivity index (χ3v) is 3.88. The first-order valence-corrected chi connectivity index (χ1v) is 7.19. The zero-order chi connectivity index (χ0) is 13.8. The fourth-order valence-electron chi connectivity index (χ4n) is 2.54. The third-order valence-electron chi connectivity index (χ3n) is 3.88. The van der Waals surface area contributed by atoms with Crippen molar-refractivity contribution < 1.29 is 0 Å². The maximum Gasteiger partial charge on any atom is 0.134 e. The van der Waals surface area contributed by atoms with E-state index in [0.29, 0.717) is 11.9 Å². The molecule has 0 aromatic carbocycles. The number of nitrogens with two attached hydrogens (primary N) is 1. The number of nitrogens with one attached hydrogen (secondary N) is 1. The Morgan fingerprint density at radius 2 is 2.21 bits per heavy atom. The maximum absolute atomic E-state index is 5.96. The van der Waals surface area contributed by atoms with E-state index in [9.17, 15) is 0 Å². The Morgan fingerprint density at radius 3 is 2.84 bits per heavy atom. The van der Waals surface area contributed by atoms with Crippen LogP contribution >= 0.6 is 0 Å². The van der Waals surface area contributed by atoms with Crippen LogP contribution in [0.3, 0.4) is 0 Å². The minimum atomic E-state index is 0.598. The van der Waals surface area contributed by atoms with E-state index in [-0.39, 0.29) is 0 Å². The Bertz CT molecular complexity index is 432. The Kier molecular flexibility index (Phi) is 4.58. The Labute approximate surface area is 115 Å². The zero-order valence-electron chi connectivity index (χ0n) is 12.2. The van der Waals surface area contributed by atoms with Crippen LogP contribution in [-0.2, 0) is 6.42 Å². The van der Waals surface area contributed by atoms with E-state index in [1.807, 2.05) is 6.92 Å². The first-order chi connectivity index (χ1) is 9.11. The fourth-order valence-corrected chi connectivity index (χ4v) is 2.54. The molecular formula is C14H25N5. The first kappa shape index (κ1) is 14.1. The van der Waals surface area contributed by atoms with Crippen molar-refractivity contribution in [3.8, 4) is 0 Å². The van der Waals surface area contributed by atoms with Gasteiger partial charge in [0.2, 0.25) is 0 Å². The second-order valence-electron chi connectivity index (χ2n) is 5.41. The van der Waals surface area contributed by atoms with Crippen molar-refractivity contribution in [1.29, 1.82) is 0 Å². The van der Waals surface area contributed by atoms with Crippen LogP contribution in [0, 0.1) is 6.92 Å². The van der Waals surface area contributed by atoms with E-state index in [4.69, 9.17) is 5.73 Å². The number of rotatable bonds is 5. The number of anilines is 2. The molecule has 2 heterocycles. The highest BCUT2D eigenvalue weighted by molar-refractivity contribution is 5.54. The van der Waals surface area contributed by atoms with Crippen molar-refractivity contribution in [2.24, 2.45) is 0 Å². The molecule has 106 valence electrons. The molecule has 1 saturated heterocycles. The molecule has 1 aromatic heterocycles. The van der Waals surface area contributed by atoms with E-state index in [0.717, 1.165) is 36.6 Å². The van der Waals surface area contributed by atoms with Crippen LogP contribution in [0.4, 0.5) is 11.6 Å². The lowest BCUT2D eigenvalue weighted by atomic mass is 10.2. The van der Waals surface area contributed by atoms with Gasteiger partial charge in [-0.25, -0.2) is 9.97 Å². The molecule has 5 nitrogen and oxygen atoms in total. The minimum Gasteiger partial charge on any atom is -0.383 e. The van der Waals surface area contributed by atoms with Gasteiger partial charge in [0.15, 0.2) is 0 Å². The highest BCUT2D eigenvalue weighted by Crippen LogP contribution is 2.20. The van der Waals surface area contributed by atoms with E-state index in [1.54, 1.807) is 0 Å². The average molecular weight is 263 g/mol. The van der Waals surface area contributed by atoms with Gasteiger partial charge in [0.1, 0.15) is 17.5 Å². The van der Waals surface area contributed by atoms with Gasteiger partial charge in [0, 0.05) is 24.6 Å². The molecular weight excluding hydrogens is 238 g/mol. The third kappa shape index (κ3) is 3.35. The van der Waals surface area contributed by atoms with Crippen LogP contribution in [0.25, 0.3) is 0 Å². The van der Waals surface area contributed by atoms with Gasteiger partial charge in [0.05, 0.1) is 0 Å². The molecule has 1 aliphatic heterocycles. The predicted molar refractivity (Wildman–Crippen MR) is 79.3 cm³/mol. The van der Waals surface area contributed by atoms with E-state index < -0.39 is 0 Å². The van der Waals surface area contributed by atoms with Crippen molar-refractivity contribution in [3.05, 3.63) is 11.4 Å². The molecule has 1 fully saturated rings. The second kappa shape index (κ2) is 6.19. The lowest BCUT2D eigenvalue weighted by molar-refractivity contribution is 0.322. The van der Waals surface area contributed by atoms with Gasteiger partial charge < -0.3 is 16.0 Å². The number of nitrogens with zero attached hydrogens (tertiary/aromatic N) is 3. The monoisotopic (exact) mass is 263 g/mol. The standard InChI is InChI=1S/C14H25N5/c1-4-6-12-17-13(15)10(2)14(18-12)16-9-11-7-5-8-19(11)3/h11H,4-9H2,1-3H3,(H3,15,16,17,18). The van der Waals surface area contributed by atoms with Crippen LogP contribution < -0.4 is 11.1 Å². The summed E-state index contributed by atoms with van der Waals surface area (Å²) in [4.78, 5) is 11.3. The Hall–Kier alpha value is -1.36. The lowest BCUT2D eigenvalue weighted by Gasteiger charge is -2.21. The smallest absolute Gasteiger partial charge is 0.134 e. The van der Waals surface area contributed by atoms with E-state index in [2.05, 4.69) is 34.2 Å². The molecule has 1 unspecified atom stereocenters. The van der Waals surface area contributed by atoms with Crippen LogP contribution in [0.1, 0.15) is 37.6 Å². The molecule has 0 amide bonds. The number of hydrogen-bond acceptors (Lipinski definition) is 5. The highest BCUT2D eigenvalue weighted by atomic mass is 15.2. The van der Waals surface area contributed by atoms with Gasteiger partial charge >= 0.3 is 0 Å². The minimum absolute atomic E-state index is 0.598. The number of hydrogen-bond donors (Lipinski definition) is 2. The van der Waals surface area contributed by atoms with Gasteiger partial charge in [-0.05, 0) is 39.8 Å². The van der Waals surface area contributed by atoms with Crippen LogP contribution in [0.5, 0.6) is 0 Å². The summed E-state index contributed by atoms with van der Waals surface area (Å²) in [5, 5.41) is 3.45. The summed E-state index contributed by atoms with van der Waals surface area (Å²) < 4.78 is 0. The molecule has 0 saturated carbocycles. The number of likely N-dealkylation sites (N-methyl/N-ethyl adjacent to an activating group) is 1. The van der Waals surface area contributed by atoms with Crippen LogP contribution in [0.15, 0.2) is 0 Å². The topological polar surface area (TPSA) is 67.1 Å². The molecule has 2 rings (SSSR count). The normalized spacial score (nSPS) is 19.8. The second-order valence-corrected chi connectivity index (χ2v) is 5.41. The molecule has 1 aliphatic rings. The largest absolute Gasteiger partial charge is 0.383 e. The number of nitrogen functional groups attached to an aromatic ring is 1. The van der Waals surface area contributed by atoms with Gasteiger partial charge in [0.25, 0.3) is 0 Å². The molecule has 0 bridgehead atoms. The fraction of sp³-hybridized carbons (Fsp3) is 0.714. The van der Waals surface area contributed by atoms with Crippen molar-refractivity contribution in [1.82, 2.24) is 14.9 Å². The van der Waals surface area contributed by atoms with Crippen molar-refractivity contribution >= 4 is 11.6 Å². The summed E-state index contributed by atoms with van der Waals surface area (Å²) in [6, 6.07) is 0.602. The van der Waals surface area contributed by atoms with E-state index >= 15 is 0 Å². The number of likely N-dealkylation sites (tertiary alicyclic amines) is 1. The molecule has 5 heteroatoms. The zero-order valence-corrected chi connectivity index (χ0v) is 12.2. The molecule has 3 N–H and O–H groups in total. The van der Waals surface area contributed by atoms with Gasteiger partial charge in [-0.3, -0.25) is 0 Å². The molecule has 1 aromatic rings. The van der Waals surface area contributed by atoms with Gasteiger partial charge in [-0.1, -0.05) is 6.92 Å². The molecule has 1 atom stereocenters. The quantitative estimate of drug-likeness (QED) is 0.848. The highest BCUT2D eigenvalue weighted by Gasteiger charge is 2.21. The summed E-state index contributed by atoms with van der Waals surface area (Å²) in [6.07, 6.45) is 4.45. The van der Waals surface area contributed by atoms with Gasteiger partial charge in [-0.15, -0.1) is 0 Å². The summed E-state index contributed by atoms with van der Waals surface area (Å²) in [5.41, 5.74) is 6.92. The lowest BCUT2D eigenvalue weighted by Crippen LogP contribution is -2.32. The summed E-state index contributed by atoms with van der Waals surface area (Å²) in [6.45, 7) is 6.23. The summed E-state index contributed by atoms with van der Waals surface area (Å²) >= 11 is 0. The molecule has 0 radical (unpaired) electrons. The molecule has 0 aliphatic carbocycles. The van der Waals surface area contributed by atoms with Crippen LogP contribution in [0.2, 0.25) is 0 Å². The first-order valence-electron chi connectivity index (χ1n) is 7.19. The van der Waals surface area contributed by atoms with Gasteiger partial charge in [-0.2, -0.15) is 0 Å². The van der Waals surface area contributed by atoms with E-state index in [1.165, 1.54) is 19.4 Å². The number of aryl methyl sites for hydroxylation is 1. The summed E-state index contributed by atoms with van der Waals surface area (Å²) in [7, 11) is 2.18. The maximum atomic E-state index is 5.96. The van der Waals surface area contributed by atoms with Crippen LogP contribution in [-0.4, -0.2) is 41.0 Å². The molecule has 0 spiro atoms. The van der Waals surface area contributed by atoms with Crippen molar-refractivity contribution in [2.45, 2.75) is 45.6 Å². The number of aromatic nitrogens is 2. The van der Waals surface area contributed by atoms with Crippen molar-refractivity contribution in [2.75, 3.05) is 31.2 Å². The SMILES string of the molecule is CCCc1nc(N)c(C)c(NCC2CCCN2C)n1. The van der Waals surface area contributed by atoms with Crippen molar-refractivity contribution in [3.63, 3.8) is 0 Å². The molecule has 19 heavy (non-hydrogen) atoms. The Balaban J connectivity index is 2.06.